The lowest BCUT2D eigenvalue weighted by molar-refractivity contribution is -0.120. The zero-order valence-corrected chi connectivity index (χ0v) is 15.0. The molecule has 3 aromatic rings. The van der Waals surface area contributed by atoms with Crippen molar-refractivity contribution < 1.29 is 13.9 Å². The number of pyridine rings is 1. The number of ether oxygens (including phenoxy) is 1. The largest absolute Gasteiger partial charge is 0.496 e. The van der Waals surface area contributed by atoms with Crippen LogP contribution in [0.5, 0.6) is 5.75 Å². The zero-order valence-electron chi connectivity index (χ0n) is 15.0. The van der Waals surface area contributed by atoms with Crippen molar-refractivity contribution in [1.29, 1.82) is 0 Å². The Balaban J connectivity index is 1.86. The van der Waals surface area contributed by atoms with Gasteiger partial charge in [0.25, 0.3) is 0 Å². The number of hydrogen-bond donors (Lipinski definition) is 1. The molecule has 2 aromatic heterocycles. The monoisotopic (exact) mass is 352 g/mol. The number of nitrogens with one attached hydrogen (secondary N) is 1. The fraction of sp³-hybridized carbons (Fsp3) is 0.250. The summed E-state index contributed by atoms with van der Waals surface area (Å²) in [5.41, 5.74) is 2.82. The highest BCUT2D eigenvalue weighted by molar-refractivity contribution is 5.87. The van der Waals surface area contributed by atoms with Crippen LogP contribution in [0.25, 0.3) is 11.0 Å². The predicted octanol–water partition coefficient (Wildman–Crippen LogP) is 2.67. The van der Waals surface area contributed by atoms with Crippen LogP contribution in [0.3, 0.4) is 0 Å². The third kappa shape index (κ3) is 3.44. The Labute approximate surface area is 150 Å². The predicted molar refractivity (Wildman–Crippen MR) is 98.3 cm³/mol. The molecule has 0 aliphatic heterocycles. The molecule has 134 valence electrons. The first-order chi connectivity index (χ1) is 12.5. The van der Waals surface area contributed by atoms with E-state index >= 15 is 0 Å². The summed E-state index contributed by atoms with van der Waals surface area (Å²) < 4.78 is 10.8. The van der Waals surface area contributed by atoms with Crippen LogP contribution in [0.1, 0.15) is 22.3 Å². The van der Waals surface area contributed by atoms with Crippen molar-refractivity contribution in [2.75, 3.05) is 7.11 Å². The van der Waals surface area contributed by atoms with Crippen molar-refractivity contribution in [3.05, 3.63) is 69.3 Å². The van der Waals surface area contributed by atoms with Crippen LogP contribution in [0, 0.1) is 13.8 Å². The Morgan fingerprint density at radius 2 is 1.88 bits per heavy atom. The summed E-state index contributed by atoms with van der Waals surface area (Å²) in [5.74, 6) is 0.421. The number of nitrogens with zero attached hydrogens (tertiary/aromatic N) is 1. The third-order valence-corrected chi connectivity index (χ3v) is 4.45. The van der Waals surface area contributed by atoms with Crippen molar-refractivity contribution >= 4 is 16.9 Å². The molecule has 0 bridgehead atoms. The normalized spacial score (nSPS) is 10.7. The van der Waals surface area contributed by atoms with E-state index in [1.807, 2.05) is 38.1 Å². The lowest BCUT2D eigenvalue weighted by atomic mass is 10.0. The van der Waals surface area contributed by atoms with Crippen molar-refractivity contribution in [3.63, 3.8) is 0 Å². The first kappa shape index (κ1) is 17.7. The Morgan fingerprint density at radius 3 is 2.58 bits per heavy atom. The van der Waals surface area contributed by atoms with E-state index in [1.54, 1.807) is 19.5 Å². The molecule has 0 radical (unpaired) electrons. The van der Waals surface area contributed by atoms with Gasteiger partial charge in [-0.3, -0.25) is 9.78 Å². The molecule has 0 atom stereocenters. The van der Waals surface area contributed by atoms with Crippen LogP contribution in [-0.2, 0) is 17.8 Å². The topological polar surface area (TPSA) is 81.4 Å². The van der Waals surface area contributed by atoms with Crippen LogP contribution >= 0.6 is 0 Å². The van der Waals surface area contributed by atoms with Gasteiger partial charge in [0, 0.05) is 29.9 Å². The third-order valence-electron chi connectivity index (χ3n) is 4.45. The summed E-state index contributed by atoms with van der Waals surface area (Å²) in [6.45, 7) is 4.05. The van der Waals surface area contributed by atoms with E-state index < -0.39 is 5.63 Å². The molecule has 0 aliphatic carbocycles. The van der Waals surface area contributed by atoms with E-state index in [1.165, 1.54) is 0 Å². The molecular weight excluding hydrogens is 332 g/mol. The smallest absolute Gasteiger partial charge is 0.340 e. The van der Waals surface area contributed by atoms with Gasteiger partial charge in [-0.05, 0) is 49.2 Å². The van der Waals surface area contributed by atoms with Gasteiger partial charge in [0.1, 0.15) is 11.3 Å². The minimum atomic E-state index is -0.495. The van der Waals surface area contributed by atoms with Gasteiger partial charge < -0.3 is 14.5 Å². The number of benzene rings is 1. The van der Waals surface area contributed by atoms with Gasteiger partial charge >= 0.3 is 5.63 Å². The summed E-state index contributed by atoms with van der Waals surface area (Å²) >= 11 is 0. The number of aromatic nitrogens is 1. The molecular formula is C20H20N2O4. The SMILES string of the molecule is COc1ccc2c(C)c(CC(=O)NCc3ccncc3)c(=O)oc2c1C. The van der Waals surface area contributed by atoms with E-state index in [2.05, 4.69) is 10.3 Å². The molecule has 0 saturated carbocycles. The number of rotatable bonds is 5. The molecule has 0 saturated heterocycles. The number of carbonyl (C=O) groups is 1. The second kappa shape index (κ2) is 7.39. The standard InChI is InChI=1S/C20H20N2O4/c1-12-15-4-5-17(25-3)13(2)19(15)26-20(24)16(12)10-18(23)22-11-14-6-8-21-9-7-14/h4-9H,10-11H2,1-3H3,(H,22,23). The summed E-state index contributed by atoms with van der Waals surface area (Å²) in [4.78, 5) is 28.6. The minimum Gasteiger partial charge on any atom is -0.496 e. The van der Waals surface area contributed by atoms with Gasteiger partial charge in [0.15, 0.2) is 0 Å². The molecule has 2 heterocycles. The molecule has 3 rings (SSSR count). The highest BCUT2D eigenvalue weighted by atomic mass is 16.5. The maximum atomic E-state index is 12.4. The summed E-state index contributed by atoms with van der Waals surface area (Å²) in [7, 11) is 1.57. The van der Waals surface area contributed by atoms with Crippen LogP contribution in [0.15, 0.2) is 45.9 Å². The van der Waals surface area contributed by atoms with Gasteiger partial charge in [-0.25, -0.2) is 4.79 Å². The quantitative estimate of drug-likeness (QED) is 0.714. The highest BCUT2D eigenvalue weighted by Crippen LogP contribution is 2.29. The van der Waals surface area contributed by atoms with Crippen LogP contribution in [0.4, 0.5) is 0 Å². The van der Waals surface area contributed by atoms with Crippen molar-refractivity contribution in [2.45, 2.75) is 26.8 Å². The summed E-state index contributed by atoms with van der Waals surface area (Å²) in [6, 6.07) is 7.33. The molecule has 0 unspecified atom stereocenters. The number of aryl methyl sites for hydroxylation is 2. The van der Waals surface area contributed by atoms with E-state index in [0.717, 1.165) is 22.1 Å². The molecule has 1 N–H and O–H groups in total. The Kier molecular flexibility index (Phi) is 5.02. The zero-order chi connectivity index (χ0) is 18.7. The molecule has 0 spiro atoms. The molecule has 26 heavy (non-hydrogen) atoms. The van der Waals surface area contributed by atoms with E-state index in [0.29, 0.717) is 23.4 Å². The van der Waals surface area contributed by atoms with Crippen molar-refractivity contribution in [1.82, 2.24) is 10.3 Å². The second-order valence-corrected chi connectivity index (χ2v) is 6.07. The summed E-state index contributed by atoms with van der Waals surface area (Å²) in [5, 5.41) is 3.62. The summed E-state index contributed by atoms with van der Waals surface area (Å²) in [6.07, 6.45) is 3.31. The average Bonchev–Trinajstić information content (AvgIpc) is 2.65. The maximum absolute atomic E-state index is 12.4. The number of carbonyl (C=O) groups excluding carboxylic acids is 1. The molecule has 0 aliphatic rings. The average molecular weight is 352 g/mol. The first-order valence-corrected chi connectivity index (χ1v) is 8.26. The van der Waals surface area contributed by atoms with E-state index in [-0.39, 0.29) is 12.3 Å². The molecule has 0 fully saturated rings. The fourth-order valence-corrected chi connectivity index (χ4v) is 2.92. The Hall–Kier alpha value is -3.15. The van der Waals surface area contributed by atoms with Crippen molar-refractivity contribution in [2.24, 2.45) is 0 Å². The highest BCUT2D eigenvalue weighted by Gasteiger charge is 2.17. The van der Waals surface area contributed by atoms with Crippen LogP contribution in [-0.4, -0.2) is 18.0 Å². The Morgan fingerprint density at radius 1 is 1.15 bits per heavy atom. The van der Waals surface area contributed by atoms with E-state index in [9.17, 15) is 9.59 Å². The number of fused-ring (bicyclic) bond motifs is 1. The molecule has 6 nitrogen and oxygen atoms in total. The lowest BCUT2D eigenvalue weighted by Gasteiger charge is -2.11. The molecule has 6 heteroatoms. The molecule has 1 aromatic carbocycles. The first-order valence-electron chi connectivity index (χ1n) is 8.26. The number of methoxy groups -OCH3 is 1. The van der Waals surface area contributed by atoms with Crippen LogP contribution < -0.4 is 15.7 Å². The fourth-order valence-electron chi connectivity index (χ4n) is 2.92. The van der Waals surface area contributed by atoms with Crippen molar-refractivity contribution in [3.8, 4) is 5.75 Å². The number of amides is 1. The Bertz CT molecular complexity index is 1010. The van der Waals surface area contributed by atoms with Crippen LogP contribution in [0.2, 0.25) is 0 Å². The number of hydrogen-bond acceptors (Lipinski definition) is 5. The minimum absolute atomic E-state index is 0.0275. The van der Waals surface area contributed by atoms with Gasteiger partial charge in [-0.1, -0.05) is 0 Å². The van der Waals surface area contributed by atoms with Gasteiger partial charge in [-0.15, -0.1) is 0 Å². The van der Waals surface area contributed by atoms with E-state index in [4.69, 9.17) is 9.15 Å². The van der Waals surface area contributed by atoms with Gasteiger partial charge in [-0.2, -0.15) is 0 Å². The molecule has 1 amide bonds. The maximum Gasteiger partial charge on any atom is 0.340 e. The van der Waals surface area contributed by atoms with Gasteiger partial charge in [0.05, 0.1) is 19.1 Å². The van der Waals surface area contributed by atoms with Gasteiger partial charge in [0.2, 0.25) is 5.91 Å². The lowest BCUT2D eigenvalue weighted by Crippen LogP contribution is -2.27. The second-order valence-electron chi connectivity index (χ2n) is 6.07.